The van der Waals surface area contributed by atoms with Gasteiger partial charge < -0.3 is 16.4 Å². The van der Waals surface area contributed by atoms with Gasteiger partial charge in [0.15, 0.2) is 0 Å². The molecule has 1 aliphatic carbocycles. The Bertz CT molecular complexity index is 235. The summed E-state index contributed by atoms with van der Waals surface area (Å²) in [7, 11) is 0. The summed E-state index contributed by atoms with van der Waals surface area (Å²) in [6.07, 6.45) is 4.54. The minimum Gasteiger partial charge on any atom is -0.338 e. The van der Waals surface area contributed by atoms with Crippen molar-refractivity contribution in [2.75, 3.05) is 6.54 Å². The highest BCUT2D eigenvalue weighted by Gasteiger charge is 2.20. The molecule has 0 aliphatic heterocycles. The molecule has 2 unspecified atom stereocenters. The maximum atomic E-state index is 11.5. The van der Waals surface area contributed by atoms with Gasteiger partial charge in [-0.15, -0.1) is 0 Å². The standard InChI is InChI=1S/C12H25N3O/c1-12(2,3)15-11(16)14-8-9-5-4-6-10(13)7-9/h9-10H,4-8,13H2,1-3H3,(H2,14,15,16). The molecule has 0 bridgehead atoms. The number of carbonyl (C=O) groups is 1. The third kappa shape index (κ3) is 5.35. The Labute approximate surface area is 98.3 Å². The Morgan fingerprint density at radius 2 is 2.06 bits per heavy atom. The smallest absolute Gasteiger partial charge is 0.315 e. The van der Waals surface area contributed by atoms with Gasteiger partial charge in [0.25, 0.3) is 0 Å². The predicted octanol–water partition coefficient (Wildman–Crippen LogP) is 1.60. The van der Waals surface area contributed by atoms with Gasteiger partial charge in [-0.05, 0) is 46.0 Å². The largest absolute Gasteiger partial charge is 0.338 e. The quantitative estimate of drug-likeness (QED) is 0.671. The molecule has 0 aromatic carbocycles. The summed E-state index contributed by atoms with van der Waals surface area (Å²) >= 11 is 0. The van der Waals surface area contributed by atoms with E-state index >= 15 is 0 Å². The molecule has 2 amide bonds. The number of amides is 2. The monoisotopic (exact) mass is 227 g/mol. The van der Waals surface area contributed by atoms with E-state index in [1.54, 1.807) is 0 Å². The molecule has 4 heteroatoms. The van der Waals surface area contributed by atoms with E-state index in [1.165, 1.54) is 12.8 Å². The number of hydrogen-bond donors (Lipinski definition) is 3. The van der Waals surface area contributed by atoms with Crippen molar-refractivity contribution < 1.29 is 4.79 Å². The molecule has 0 saturated heterocycles. The highest BCUT2D eigenvalue weighted by atomic mass is 16.2. The van der Waals surface area contributed by atoms with Crippen LogP contribution in [-0.4, -0.2) is 24.2 Å². The van der Waals surface area contributed by atoms with Crippen LogP contribution in [0.1, 0.15) is 46.5 Å². The number of hydrogen-bond acceptors (Lipinski definition) is 2. The molecule has 0 heterocycles. The Morgan fingerprint density at radius 3 is 2.62 bits per heavy atom. The fourth-order valence-corrected chi connectivity index (χ4v) is 2.14. The van der Waals surface area contributed by atoms with Crippen LogP contribution < -0.4 is 16.4 Å². The lowest BCUT2D eigenvalue weighted by Crippen LogP contribution is -2.48. The minimum atomic E-state index is -0.174. The molecule has 4 N–H and O–H groups in total. The Balaban J connectivity index is 2.21. The zero-order chi connectivity index (χ0) is 12.2. The lowest BCUT2D eigenvalue weighted by molar-refractivity contribution is 0.226. The SMILES string of the molecule is CC(C)(C)NC(=O)NCC1CCCC(N)C1. The van der Waals surface area contributed by atoms with Crippen molar-refractivity contribution in [3.63, 3.8) is 0 Å². The van der Waals surface area contributed by atoms with Crippen molar-refractivity contribution in [1.29, 1.82) is 0 Å². The fourth-order valence-electron chi connectivity index (χ4n) is 2.14. The van der Waals surface area contributed by atoms with Gasteiger partial charge in [0.2, 0.25) is 0 Å². The Kier molecular flexibility index (Phi) is 4.59. The van der Waals surface area contributed by atoms with Gasteiger partial charge in [-0.3, -0.25) is 0 Å². The second-order valence-corrected chi connectivity index (χ2v) is 5.88. The third-order valence-corrected chi connectivity index (χ3v) is 2.86. The van der Waals surface area contributed by atoms with E-state index in [4.69, 9.17) is 5.73 Å². The number of carbonyl (C=O) groups excluding carboxylic acids is 1. The predicted molar refractivity (Wildman–Crippen MR) is 66.2 cm³/mol. The highest BCUT2D eigenvalue weighted by Crippen LogP contribution is 2.22. The van der Waals surface area contributed by atoms with E-state index in [2.05, 4.69) is 10.6 Å². The van der Waals surface area contributed by atoms with E-state index in [1.807, 2.05) is 20.8 Å². The number of urea groups is 1. The molecule has 1 rings (SSSR count). The summed E-state index contributed by atoms with van der Waals surface area (Å²) in [5, 5.41) is 5.81. The Hall–Kier alpha value is -0.770. The normalized spacial score (nSPS) is 26.2. The van der Waals surface area contributed by atoms with Crippen molar-refractivity contribution in [2.24, 2.45) is 11.7 Å². The zero-order valence-corrected chi connectivity index (χ0v) is 10.7. The summed E-state index contributed by atoms with van der Waals surface area (Å²) in [4.78, 5) is 11.5. The minimum absolute atomic E-state index is 0.0772. The van der Waals surface area contributed by atoms with Gasteiger partial charge >= 0.3 is 6.03 Å². The molecule has 0 spiro atoms. The van der Waals surface area contributed by atoms with Crippen LogP contribution in [-0.2, 0) is 0 Å². The van der Waals surface area contributed by atoms with Gasteiger partial charge in [0.05, 0.1) is 0 Å². The van der Waals surface area contributed by atoms with Gasteiger partial charge in [0, 0.05) is 18.1 Å². The Morgan fingerprint density at radius 1 is 1.38 bits per heavy atom. The molecule has 1 fully saturated rings. The molecule has 0 aromatic heterocycles. The first-order valence-electron chi connectivity index (χ1n) is 6.18. The number of nitrogens with two attached hydrogens (primary N) is 1. The molecule has 4 nitrogen and oxygen atoms in total. The summed E-state index contributed by atoms with van der Waals surface area (Å²) < 4.78 is 0. The van der Waals surface area contributed by atoms with E-state index in [9.17, 15) is 4.79 Å². The second kappa shape index (κ2) is 5.53. The first-order chi connectivity index (χ1) is 7.37. The topological polar surface area (TPSA) is 67.2 Å². The maximum Gasteiger partial charge on any atom is 0.315 e. The molecular formula is C12H25N3O. The molecular weight excluding hydrogens is 202 g/mol. The molecule has 1 saturated carbocycles. The zero-order valence-electron chi connectivity index (χ0n) is 10.7. The van der Waals surface area contributed by atoms with E-state index < -0.39 is 0 Å². The van der Waals surface area contributed by atoms with E-state index in [0.29, 0.717) is 12.0 Å². The summed E-state index contributed by atoms with van der Waals surface area (Å²) in [5.41, 5.74) is 5.73. The third-order valence-electron chi connectivity index (χ3n) is 2.86. The van der Waals surface area contributed by atoms with Crippen molar-refractivity contribution in [3.8, 4) is 0 Å². The average molecular weight is 227 g/mol. The summed E-state index contributed by atoms with van der Waals surface area (Å²) in [6.45, 7) is 6.67. The van der Waals surface area contributed by atoms with Crippen molar-refractivity contribution in [2.45, 2.75) is 58.0 Å². The van der Waals surface area contributed by atoms with Crippen LogP contribution in [0.15, 0.2) is 0 Å². The number of nitrogens with one attached hydrogen (secondary N) is 2. The van der Waals surface area contributed by atoms with Crippen molar-refractivity contribution >= 4 is 6.03 Å². The molecule has 2 atom stereocenters. The van der Waals surface area contributed by atoms with Crippen LogP contribution in [0.25, 0.3) is 0 Å². The summed E-state index contributed by atoms with van der Waals surface area (Å²) in [5.74, 6) is 0.550. The van der Waals surface area contributed by atoms with Crippen molar-refractivity contribution in [1.82, 2.24) is 10.6 Å². The molecule has 16 heavy (non-hydrogen) atoms. The fraction of sp³-hybridized carbons (Fsp3) is 0.917. The molecule has 0 aromatic rings. The van der Waals surface area contributed by atoms with Crippen LogP contribution in [0.4, 0.5) is 4.79 Å². The second-order valence-electron chi connectivity index (χ2n) is 5.88. The van der Waals surface area contributed by atoms with Crippen LogP contribution in [0.5, 0.6) is 0 Å². The molecule has 1 aliphatic rings. The van der Waals surface area contributed by atoms with Crippen LogP contribution >= 0.6 is 0 Å². The van der Waals surface area contributed by atoms with Gasteiger partial charge in [-0.25, -0.2) is 4.79 Å². The van der Waals surface area contributed by atoms with Gasteiger partial charge in [0.1, 0.15) is 0 Å². The van der Waals surface area contributed by atoms with Crippen LogP contribution in [0.2, 0.25) is 0 Å². The number of rotatable bonds is 2. The lowest BCUT2D eigenvalue weighted by atomic mass is 9.86. The average Bonchev–Trinajstić information content (AvgIpc) is 2.12. The van der Waals surface area contributed by atoms with E-state index in [0.717, 1.165) is 19.4 Å². The first-order valence-corrected chi connectivity index (χ1v) is 6.18. The van der Waals surface area contributed by atoms with Crippen LogP contribution in [0, 0.1) is 5.92 Å². The summed E-state index contributed by atoms with van der Waals surface area (Å²) in [6, 6.07) is 0.248. The van der Waals surface area contributed by atoms with Crippen LogP contribution in [0.3, 0.4) is 0 Å². The lowest BCUT2D eigenvalue weighted by Gasteiger charge is -2.27. The maximum absolute atomic E-state index is 11.5. The van der Waals surface area contributed by atoms with Gasteiger partial charge in [-0.1, -0.05) is 6.42 Å². The molecule has 0 radical (unpaired) electrons. The first kappa shape index (κ1) is 13.3. The highest BCUT2D eigenvalue weighted by molar-refractivity contribution is 5.74. The molecule has 94 valence electrons. The van der Waals surface area contributed by atoms with E-state index in [-0.39, 0.29) is 11.6 Å². The van der Waals surface area contributed by atoms with Gasteiger partial charge in [-0.2, -0.15) is 0 Å². The van der Waals surface area contributed by atoms with Crippen molar-refractivity contribution in [3.05, 3.63) is 0 Å².